The van der Waals surface area contributed by atoms with Gasteiger partial charge in [0.05, 0.1) is 0 Å². The molecule has 0 unspecified atom stereocenters. The lowest BCUT2D eigenvalue weighted by molar-refractivity contribution is 0.600. The summed E-state index contributed by atoms with van der Waals surface area (Å²) in [5, 5.41) is 0. The molecule has 0 aliphatic carbocycles. The van der Waals surface area contributed by atoms with Crippen LogP contribution in [0.4, 0.5) is 5.82 Å². The van der Waals surface area contributed by atoms with Gasteiger partial charge in [0.25, 0.3) is 10.0 Å². The number of nitrogens with two attached hydrogens (primary N) is 1. The molecule has 2 rings (SSSR count). The number of halogens is 2. The normalized spacial score (nSPS) is 11.4. The van der Waals surface area contributed by atoms with E-state index in [9.17, 15) is 8.42 Å². The molecule has 0 aliphatic rings. The van der Waals surface area contributed by atoms with Gasteiger partial charge in [-0.15, -0.1) is 0 Å². The highest BCUT2D eigenvalue weighted by Gasteiger charge is 2.19. The van der Waals surface area contributed by atoms with Crippen LogP contribution in [0.15, 0.2) is 44.3 Å². The van der Waals surface area contributed by atoms with E-state index in [-0.39, 0.29) is 11.4 Å². The molecule has 0 saturated carbocycles. The largest absolute Gasteiger partial charge is 0.326 e. The maximum atomic E-state index is 12.5. The van der Waals surface area contributed by atoms with E-state index in [1.807, 2.05) is 0 Å². The first-order chi connectivity index (χ1) is 9.83. The molecule has 0 bridgehead atoms. The summed E-state index contributed by atoms with van der Waals surface area (Å²) in [7, 11) is -3.74. The molecular formula is C13H13Br2N3O2S. The number of nitrogens with zero attached hydrogens (tertiary/aromatic N) is 1. The first kappa shape index (κ1) is 16.4. The fourth-order valence-electron chi connectivity index (χ4n) is 1.71. The third kappa shape index (κ3) is 3.82. The van der Waals surface area contributed by atoms with Gasteiger partial charge in [-0.05, 0) is 68.1 Å². The van der Waals surface area contributed by atoms with Crippen LogP contribution in [-0.2, 0) is 16.6 Å². The number of hydrogen-bond acceptors (Lipinski definition) is 4. The van der Waals surface area contributed by atoms with Crippen LogP contribution in [0.3, 0.4) is 0 Å². The molecule has 0 aliphatic heterocycles. The topological polar surface area (TPSA) is 85.1 Å². The Labute approximate surface area is 140 Å². The lowest BCUT2D eigenvalue weighted by Crippen LogP contribution is -2.16. The van der Waals surface area contributed by atoms with Crippen LogP contribution >= 0.6 is 31.9 Å². The van der Waals surface area contributed by atoms with Gasteiger partial charge in [0.1, 0.15) is 10.7 Å². The molecule has 0 saturated heterocycles. The summed E-state index contributed by atoms with van der Waals surface area (Å²) < 4.78 is 28.7. The average molecular weight is 435 g/mol. The van der Waals surface area contributed by atoms with Gasteiger partial charge in [0.2, 0.25) is 0 Å². The summed E-state index contributed by atoms with van der Waals surface area (Å²) in [4.78, 5) is 4.22. The molecule has 0 amide bonds. The summed E-state index contributed by atoms with van der Waals surface area (Å²) >= 11 is 6.54. The first-order valence-corrected chi connectivity index (χ1v) is 9.04. The zero-order chi connectivity index (χ0) is 15.6. The molecular weight excluding hydrogens is 422 g/mol. The SMILES string of the molecule is Cc1cc(Br)cnc1NS(=O)(=O)c1cc(CN)ccc1Br. The van der Waals surface area contributed by atoms with Crippen molar-refractivity contribution < 1.29 is 8.42 Å². The highest BCUT2D eigenvalue weighted by atomic mass is 79.9. The Kier molecular flexibility index (Phi) is 5.03. The first-order valence-electron chi connectivity index (χ1n) is 5.97. The smallest absolute Gasteiger partial charge is 0.264 e. The average Bonchev–Trinajstić information content (AvgIpc) is 2.42. The van der Waals surface area contributed by atoms with Crippen molar-refractivity contribution in [1.29, 1.82) is 0 Å². The standard InChI is InChI=1S/C13H13Br2N3O2S/c1-8-4-10(14)7-17-13(8)18-21(19,20)12-5-9(6-16)2-3-11(12)15/h2-5,7H,6,16H2,1H3,(H,17,18). The Hall–Kier alpha value is -0.960. The van der Waals surface area contributed by atoms with Gasteiger partial charge in [0.15, 0.2) is 0 Å². The Bertz CT molecular complexity index is 779. The molecule has 5 nitrogen and oxygen atoms in total. The van der Waals surface area contributed by atoms with Crippen molar-refractivity contribution in [3.8, 4) is 0 Å². The van der Waals surface area contributed by atoms with Gasteiger partial charge in [0, 0.05) is 21.7 Å². The van der Waals surface area contributed by atoms with E-state index < -0.39 is 10.0 Å². The number of nitrogens with one attached hydrogen (secondary N) is 1. The fourth-order valence-corrected chi connectivity index (χ4v) is 4.25. The zero-order valence-electron chi connectivity index (χ0n) is 11.1. The lowest BCUT2D eigenvalue weighted by atomic mass is 10.2. The van der Waals surface area contributed by atoms with Crippen LogP contribution in [0.1, 0.15) is 11.1 Å². The van der Waals surface area contributed by atoms with Crippen LogP contribution in [0.2, 0.25) is 0 Å². The number of anilines is 1. The van der Waals surface area contributed by atoms with Crippen LogP contribution in [0.25, 0.3) is 0 Å². The van der Waals surface area contributed by atoms with Crippen molar-refractivity contribution in [3.63, 3.8) is 0 Å². The molecule has 0 radical (unpaired) electrons. The minimum absolute atomic E-state index is 0.134. The van der Waals surface area contributed by atoms with E-state index >= 15 is 0 Å². The van der Waals surface area contributed by atoms with Crippen molar-refractivity contribution >= 4 is 47.7 Å². The number of hydrogen-bond donors (Lipinski definition) is 2. The minimum Gasteiger partial charge on any atom is -0.326 e. The maximum absolute atomic E-state index is 12.5. The number of aryl methyl sites for hydroxylation is 1. The lowest BCUT2D eigenvalue weighted by Gasteiger charge is -2.12. The molecule has 0 fully saturated rings. The molecule has 2 aromatic rings. The molecule has 3 N–H and O–H groups in total. The molecule has 1 heterocycles. The molecule has 0 atom stereocenters. The highest BCUT2D eigenvalue weighted by molar-refractivity contribution is 9.10. The highest BCUT2D eigenvalue weighted by Crippen LogP contribution is 2.26. The Balaban J connectivity index is 2.43. The molecule has 21 heavy (non-hydrogen) atoms. The summed E-state index contributed by atoms with van der Waals surface area (Å²) in [5.41, 5.74) is 7.01. The van der Waals surface area contributed by atoms with Gasteiger partial charge in [-0.3, -0.25) is 4.72 Å². The van der Waals surface area contributed by atoms with Gasteiger partial charge in [-0.2, -0.15) is 0 Å². The Morgan fingerprint density at radius 3 is 2.62 bits per heavy atom. The van der Waals surface area contributed by atoms with Gasteiger partial charge >= 0.3 is 0 Å². The summed E-state index contributed by atoms with van der Waals surface area (Å²) in [6.07, 6.45) is 1.54. The second-order valence-corrected chi connectivity index (χ2v) is 7.81. The monoisotopic (exact) mass is 433 g/mol. The van der Waals surface area contributed by atoms with E-state index in [2.05, 4.69) is 41.6 Å². The Morgan fingerprint density at radius 1 is 1.29 bits per heavy atom. The van der Waals surface area contributed by atoms with Crippen molar-refractivity contribution in [1.82, 2.24) is 4.98 Å². The van der Waals surface area contributed by atoms with Gasteiger partial charge < -0.3 is 5.73 Å². The van der Waals surface area contributed by atoms with Crippen LogP contribution in [0.5, 0.6) is 0 Å². The molecule has 8 heteroatoms. The predicted octanol–water partition coefficient (Wildman–Crippen LogP) is 3.17. The summed E-state index contributed by atoms with van der Waals surface area (Å²) in [6, 6.07) is 6.77. The van der Waals surface area contributed by atoms with Crippen LogP contribution in [0, 0.1) is 6.92 Å². The van der Waals surface area contributed by atoms with Crippen molar-refractivity contribution in [3.05, 3.63) is 50.5 Å². The van der Waals surface area contributed by atoms with E-state index in [1.165, 1.54) is 6.20 Å². The predicted molar refractivity (Wildman–Crippen MR) is 89.5 cm³/mol. The van der Waals surface area contributed by atoms with Gasteiger partial charge in [-0.1, -0.05) is 6.07 Å². The van der Waals surface area contributed by atoms with E-state index in [0.29, 0.717) is 10.3 Å². The van der Waals surface area contributed by atoms with Crippen LogP contribution in [-0.4, -0.2) is 13.4 Å². The molecule has 1 aromatic carbocycles. The number of benzene rings is 1. The second kappa shape index (κ2) is 6.43. The quantitative estimate of drug-likeness (QED) is 0.773. The number of rotatable bonds is 4. The summed E-state index contributed by atoms with van der Waals surface area (Å²) in [6.45, 7) is 2.05. The minimum atomic E-state index is -3.74. The van der Waals surface area contributed by atoms with Gasteiger partial charge in [-0.25, -0.2) is 13.4 Å². The van der Waals surface area contributed by atoms with E-state index in [4.69, 9.17) is 5.73 Å². The Morgan fingerprint density at radius 2 is 2.00 bits per heavy atom. The van der Waals surface area contributed by atoms with E-state index in [1.54, 1.807) is 31.2 Å². The van der Waals surface area contributed by atoms with Crippen molar-refractivity contribution in [2.45, 2.75) is 18.4 Å². The number of aromatic nitrogens is 1. The molecule has 0 spiro atoms. The van der Waals surface area contributed by atoms with E-state index in [0.717, 1.165) is 15.6 Å². The fraction of sp³-hybridized carbons (Fsp3) is 0.154. The van der Waals surface area contributed by atoms with Crippen molar-refractivity contribution in [2.24, 2.45) is 5.73 Å². The summed E-state index contributed by atoms with van der Waals surface area (Å²) in [5.74, 6) is 0.295. The third-order valence-corrected chi connectivity index (χ3v) is 5.56. The second-order valence-electron chi connectivity index (χ2n) is 4.39. The van der Waals surface area contributed by atoms with Crippen LogP contribution < -0.4 is 10.5 Å². The van der Waals surface area contributed by atoms with Crippen molar-refractivity contribution in [2.75, 3.05) is 4.72 Å². The number of sulfonamides is 1. The number of pyridine rings is 1. The zero-order valence-corrected chi connectivity index (χ0v) is 15.1. The maximum Gasteiger partial charge on any atom is 0.264 e. The molecule has 1 aromatic heterocycles. The third-order valence-electron chi connectivity index (χ3n) is 2.80. The molecule has 112 valence electrons.